The van der Waals surface area contributed by atoms with E-state index in [4.69, 9.17) is 14.5 Å². The molecule has 0 aliphatic carbocycles. The Morgan fingerprint density at radius 3 is 2.25 bits per heavy atom. The molecular formula is C30H27F3N4O3. The summed E-state index contributed by atoms with van der Waals surface area (Å²) in [5, 5.41) is 0.664. The number of methoxy groups -OCH3 is 2. The molecule has 0 saturated carbocycles. The van der Waals surface area contributed by atoms with Crippen LogP contribution in [0.15, 0.2) is 72.8 Å². The number of amides is 1. The molecule has 206 valence electrons. The minimum absolute atomic E-state index is 0.0906. The van der Waals surface area contributed by atoms with E-state index in [1.807, 2.05) is 35.2 Å². The lowest BCUT2D eigenvalue weighted by Crippen LogP contribution is -2.48. The molecule has 0 N–H and O–H groups in total. The SMILES string of the molecule is COc1cc2nc(-c3cccc(C(F)(F)F)c3)nc(N3CCN(C(=O)/C=C\c4ccccc4)CC3)c2cc1OC. The number of halogens is 3. The summed E-state index contributed by atoms with van der Waals surface area (Å²) in [6.45, 7) is 1.87. The van der Waals surface area contributed by atoms with Gasteiger partial charge in [0.15, 0.2) is 17.3 Å². The number of aromatic nitrogens is 2. The zero-order valence-corrected chi connectivity index (χ0v) is 22.0. The Bertz CT molecular complexity index is 1550. The average Bonchev–Trinajstić information content (AvgIpc) is 2.98. The lowest BCUT2D eigenvalue weighted by atomic mass is 10.1. The van der Waals surface area contributed by atoms with E-state index in [1.54, 1.807) is 35.3 Å². The van der Waals surface area contributed by atoms with Crippen molar-refractivity contribution in [3.8, 4) is 22.9 Å². The van der Waals surface area contributed by atoms with E-state index in [1.165, 1.54) is 20.3 Å². The Labute approximate surface area is 229 Å². The Morgan fingerprint density at radius 2 is 1.57 bits per heavy atom. The number of carbonyl (C=O) groups excluding carboxylic acids is 1. The fourth-order valence-electron chi connectivity index (χ4n) is 4.62. The molecule has 0 radical (unpaired) electrons. The van der Waals surface area contributed by atoms with E-state index in [2.05, 4.69) is 4.98 Å². The topological polar surface area (TPSA) is 67.8 Å². The first kappa shape index (κ1) is 27.0. The van der Waals surface area contributed by atoms with Crippen LogP contribution in [0.25, 0.3) is 28.4 Å². The molecule has 0 unspecified atom stereocenters. The van der Waals surface area contributed by atoms with E-state index >= 15 is 0 Å². The van der Waals surface area contributed by atoms with Gasteiger partial charge in [0, 0.05) is 49.3 Å². The van der Waals surface area contributed by atoms with Crippen molar-refractivity contribution in [2.45, 2.75) is 6.18 Å². The zero-order valence-electron chi connectivity index (χ0n) is 22.0. The van der Waals surface area contributed by atoms with Gasteiger partial charge in [-0.1, -0.05) is 42.5 Å². The number of hydrogen-bond donors (Lipinski definition) is 0. The molecule has 1 aromatic heterocycles. The summed E-state index contributed by atoms with van der Waals surface area (Å²) in [5.41, 5.74) is 0.902. The van der Waals surface area contributed by atoms with Crippen LogP contribution in [0.1, 0.15) is 11.1 Å². The standard InChI is InChI=1S/C30H27F3N4O3/c1-39-25-18-23-24(19-26(25)40-2)34-28(21-9-6-10-22(17-21)30(31,32)33)35-29(23)37-15-13-36(14-16-37)27(38)12-11-20-7-4-3-5-8-20/h3-12,17-19H,13-16H2,1-2H3/b12-11-. The quantitative estimate of drug-likeness (QED) is 0.288. The second-order valence-corrected chi connectivity index (χ2v) is 9.23. The highest BCUT2D eigenvalue weighted by atomic mass is 19.4. The molecule has 2 heterocycles. The highest BCUT2D eigenvalue weighted by molar-refractivity contribution is 5.94. The number of carbonyl (C=O) groups is 1. The first-order valence-electron chi connectivity index (χ1n) is 12.6. The summed E-state index contributed by atoms with van der Waals surface area (Å²) in [6.07, 6.45) is -1.15. The molecule has 40 heavy (non-hydrogen) atoms. The number of ether oxygens (including phenoxy) is 2. The molecule has 10 heteroatoms. The van der Waals surface area contributed by atoms with Gasteiger partial charge >= 0.3 is 6.18 Å². The molecule has 1 aliphatic rings. The fraction of sp³-hybridized carbons (Fsp3) is 0.233. The third-order valence-corrected chi connectivity index (χ3v) is 6.74. The van der Waals surface area contributed by atoms with Gasteiger partial charge in [0.1, 0.15) is 5.82 Å². The molecule has 4 aromatic rings. The van der Waals surface area contributed by atoms with Crippen molar-refractivity contribution in [3.63, 3.8) is 0 Å². The molecule has 1 aliphatic heterocycles. The molecule has 0 atom stereocenters. The first-order chi connectivity index (χ1) is 19.3. The van der Waals surface area contributed by atoms with Crippen molar-refractivity contribution in [3.05, 3.63) is 83.9 Å². The predicted molar refractivity (Wildman–Crippen MR) is 147 cm³/mol. The molecule has 0 bridgehead atoms. The zero-order chi connectivity index (χ0) is 28.3. The fourth-order valence-corrected chi connectivity index (χ4v) is 4.62. The number of alkyl halides is 3. The van der Waals surface area contributed by atoms with E-state index in [0.717, 1.165) is 17.7 Å². The molecule has 1 fully saturated rings. The largest absolute Gasteiger partial charge is 0.493 e. The van der Waals surface area contributed by atoms with Crippen LogP contribution < -0.4 is 14.4 Å². The maximum Gasteiger partial charge on any atom is 0.416 e. The molecule has 0 spiro atoms. The van der Waals surface area contributed by atoms with Gasteiger partial charge in [-0.15, -0.1) is 0 Å². The van der Waals surface area contributed by atoms with E-state index in [-0.39, 0.29) is 17.3 Å². The highest BCUT2D eigenvalue weighted by Crippen LogP contribution is 2.37. The number of anilines is 1. The lowest BCUT2D eigenvalue weighted by Gasteiger charge is -2.35. The predicted octanol–water partition coefficient (Wildman–Crippen LogP) is 5.69. The van der Waals surface area contributed by atoms with Gasteiger partial charge in [-0.05, 0) is 29.8 Å². The van der Waals surface area contributed by atoms with Crippen LogP contribution in [0.4, 0.5) is 19.0 Å². The molecule has 3 aromatic carbocycles. The summed E-state index contributed by atoms with van der Waals surface area (Å²) in [4.78, 5) is 25.9. The number of hydrogen-bond acceptors (Lipinski definition) is 6. The van der Waals surface area contributed by atoms with Crippen molar-refractivity contribution in [1.82, 2.24) is 14.9 Å². The maximum absolute atomic E-state index is 13.4. The Morgan fingerprint density at radius 1 is 0.875 bits per heavy atom. The minimum Gasteiger partial charge on any atom is -0.493 e. The van der Waals surface area contributed by atoms with Gasteiger partial charge in [0.05, 0.1) is 25.3 Å². The number of rotatable bonds is 6. The molecular weight excluding hydrogens is 521 g/mol. The number of fused-ring (bicyclic) bond motifs is 1. The maximum atomic E-state index is 13.4. The molecule has 5 rings (SSSR count). The third-order valence-electron chi connectivity index (χ3n) is 6.74. The highest BCUT2D eigenvalue weighted by Gasteiger charge is 2.31. The second kappa shape index (κ2) is 11.3. The summed E-state index contributed by atoms with van der Waals surface area (Å²) in [5.74, 6) is 1.53. The van der Waals surface area contributed by atoms with E-state index < -0.39 is 11.7 Å². The summed E-state index contributed by atoms with van der Waals surface area (Å²) in [6, 6.07) is 18.0. The van der Waals surface area contributed by atoms with Crippen LogP contribution in [0.2, 0.25) is 0 Å². The molecule has 7 nitrogen and oxygen atoms in total. The van der Waals surface area contributed by atoms with Crippen molar-refractivity contribution >= 4 is 28.7 Å². The van der Waals surface area contributed by atoms with E-state index in [0.29, 0.717) is 54.4 Å². The van der Waals surface area contributed by atoms with E-state index in [9.17, 15) is 18.0 Å². The van der Waals surface area contributed by atoms with Crippen molar-refractivity contribution in [2.75, 3.05) is 45.3 Å². The summed E-state index contributed by atoms with van der Waals surface area (Å²) < 4.78 is 51.2. The lowest BCUT2D eigenvalue weighted by molar-refractivity contribution is -0.137. The number of piperazine rings is 1. The summed E-state index contributed by atoms with van der Waals surface area (Å²) in [7, 11) is 3.02. The molecule has 1 saturated heterocycles. The van der Waals surface area contributed by atoms with Crippen molar-refractivity contribution < 1.29 is 27.4 Å². The van der Waals surface area contributed by atoms with Crippen LogP contribution in [0.3, 0.4) is 0 Å². The van der Waals surface area contributed by atoms with Crippen molar-refractivity contribution in [2.24, 2.45) is 0 Å². The average molecular weight is 549 g/mol. The molecule has 1 amide bonds. The van der Waals surface area contributed by atoms with Gasteiger partial charge in [0.25, 0.3) is 0 Å². The normalized spacial score (nSPS) is 14.1. The van der Waals surface area contributed by atoms with Gasteiger partial charge in [0.2, 0.25) is 5.91 Å². The third kappa shape index (κ3) is 5.70. The Kier molecular flexibility index (Phi) is 7.59. The van der Waals surface area contributed by atoms with Crippen LogP contribution in [-0.4, -0.2) is 61.2 Å². The van der Waals surface area contributed by atoms with Crippen LogP contribution in [-0.2, 0) is 11.0 Å². The first-order valence-corrected chi connectivity index (χ1v) is 12.6. The van der Waals surface area contributed by atoms with Gasteiger partial charge in [-0.3, -0.25) is 4.79 Å². The van der Waals surface area contributed by atoms with Gasteiger partial charge < -0.3 is 19.3 Å². The van der Waals surface area contributed by atoms with Gasteiger partial charge in [-0.2, -0.15) is 13.2 Å². The second-order valence-electron chi connectivity index (χ2n) is 9.23. The smallest absolute Gasteiger partial charge is 0.416 e. The van der Waals surface area contributed by atoms with Crippen molar-refractivity contribution in [1.29, 1.82) is 0 Å². The monoisotopic (exact) mass is 548 g/mol. The Hall–Kier alpha value is -4.60. The minimum atomic E-state index is -4.50. The number of benzene rings is 3. The van der Waals surface area contributed by atoms with Crippen LogP contribution in [0.5, 0.6) is 11.5 Å². The summed E-state index contributed by atoms with van der Waals surface area (Å²) >= 11 is 0. The number of nitrogens with zero attached hydrogens (tertiary/aromatic N) is 4. The Balaban J connectivity index is 1.47. The van der Waals surface area contributed by atoms with Gasteiger partial charge in [-0.25, -0.2) is 9.97 Å². The van der Waals surface area contributed by atoms with Crippen LogP contribution in [0, 0.1) is 0 Å². The van der Waals surface area contributed by atoms with Crippen LogP contribution >= 0.6 is 0 Å².